The van der Waals surface area contributed by atoms with Crippen LogP contribution in [0, 0.1) is 13.8 Å². The Balaban J connectivity index is 1.24. The van der Waals surface area contributed by atoms with E-state index in [1.807, 2.05) is 29.9 Å². The van der Waals surface area contributed by atoms with Crippen LogP contribution in [0.25, 0.3) is 22.1 Å². The van der Waals surface area contributed by atoms with Crippen molar-refractivity contribution < 1.29 is 33.4 Å². The van der Waals surface area contributed by atoms with Crippen LogP contribution in [-0.4, -0.2) is 99.9 Å². The third kappa shape index (κ3) is 8.46. The largest absolute Gasteiger partial charge is 0.491 e. The standard InChI is InChI=1S/C41H49N13O7/c1-7-52-30(15-22(3)48-52)38(58)46-40-44-28-17-25(36(42)56)19-32(60-14-10-12-50(6)24(5)55)34(28)51(40)13-9-11-27-21-61-33-20-26(37(43)57)18-29-35(33)54(27)41(45-29)47-39(59)31-16-23(4)49-53(31)8-2/h15-20,27H,7-14,21H2,1-6H3,(H2,42,56)(H2,43,57)(H,44,46,58)(H,45,47,59)/t27-/m0/s1. The van der Waals surface area contributed by atoms with Crippen molar-refractivity contribution in [2.24, 2.45) is 11.5 Å². The topological polar surface area (TPSA) is 254 Å². The minimum absolute atomic E-state index is 0.0802. The monoisotopic (exact) mass is 835 g/mol. The molecular weight excluding hydrogens is 787 g/mol. The number of imidazole rings is 2. The zero-order chi connectivity index (χ0) is 43.7. The number of hydrogen-bond acceptors (Lipinski definition) is 11. The van der Waals surface area contributed by atoms with Crippen LogP contribution < -0.4 is 31.6 Å². The molecule has 0 bridgehead atoms. The first kappa shape index (κ1) is 41.9. The van der Waals surface area contributed by atoms with E-state index in [2.05, 4.69) is 20.8 Å². The Morgan fingerprint density at radius 1 is 0.820 bits per heavy atom. The molecule has 0 spiro atoms. The quantitative estimate of drug-likeness (QED) is 0.0962. The fraction of sp³-hybridized carbons (Fsp3) is 0.390. The van der Waals surface area contributed by atoms with E-state index in [9.17, 15) is 24.0 Å². The molecule has 7 rings (SSSR count). The molecule has 1 aliphatic rings. The van der Waals surface area contributed by atoms with Gasteiger partial charge in [-0.25, -0.2) is 9.97 Å². The van der Waals surface area contributed by atoms with Crippen molar-refractivity contribution in [1.29, 1.82) is 0 Å². The number of anilines is 2. The molecule has 0 aliphatic carbocycles. The molecule has 5 heterocycles. The molecule has 20 heteroatoms. The predicted octanol–water partition coefficient (Wildman–Crippen LogP) is 3.80. The molecule has 320 valence electrons. The van der Waals surface area contributed by atoms with Crippen LogP contribution in [0.3, 0.4) is 0 Å². The number of nitrogens with two attached hydrogens (primary N) is 2. The summed E-state index contributed by atoms with van der Waals surface area (Å²) in [5.74, 6) is -1.07. The second-order valence-electron chi connectivity index (χ2n) is 14.9. The van der Waals surface area contributed by atoms with Gasteiger partial charge in [0, 0.05) is 51.3 Å². The van der Waals surface area contributed by atoms with Crippen molar-refractivity contribution in [2.45, 2.75) is 79.6 Å². The smallest absolute Gasteiger partial charge is 0.276 e. The number of rotatable bonds is 17. The second kappa shape index (κ2) is 17.2. The summed E-state index contributed by atoms with van der Waals surface area (Å²) < 4.78 is 19.4. The molecule has 0 fully saturated rings. The molecule has 0 saturated heterocycles. The van der Waals surface area contributed by atoms with E-state index < -0.39 is 23.6 Å². The van der Waals surface area contributed by atoms with Crippen molar-refractivity contribution in [2.75, 3.05) is 37.4 Å². The fourth-order valence-corrected chi connectivity index (χ4v) is 7.55. The molecule has 61 heavy (non-hydrogen) atoms. The van der Waals surface area contributed by atoms with Crippen molar-refractivity contribution in [1.82, 2.24) is 43.6 Å². The van der Waals surface area contributed by atoms with E-state index in [0.29, 0.717) is 102 Å². The van der Waals surface area contributed by atoms with Crippen LogP contribution in [0.5, 0.6) is 11.5 Å². The van der Waals surface area contributed by atoms with Gasteiger partial charge in [-0.05, 0) is 83.4 Å². The minimum Gasteiger partial charge on any atom is -0.491 e. The number of aryl methyl sites for hydroxylation is 5. The minimum atomic E-state index is -0.685. The van der Waals surface area contributed by atoms with Crippen LogP contribution in [0.15, 0.2) is 36.4 Å². The summed E-state index contributed by atoms with van der Waals surface area (Å²) in [5, 5.41) is 14.8. The van der Waals surface area contributed by atoms with Crippen LogP contribution in [0.4, 0.5) is 11.9 Å². The molecular formula is C41H49N13O7. The van der Waals surface area contributed by atoms with Gasteiger partial charge in [-0.2, -0.15) is 10.2 Å². The number of primary amides is 2. The van der Waals surface area contributed by atoms with Crippen LogP contribution in [-0.2, 0) is 24.4 Å². The Morgan fingerprint density at radius 3 is 1.98 bits per heavy atom. The summed E-state index contributed by atoms with van der Waals surface area (Å²) in [6, 6.07) is 9.28. The molecule has 1 atom stereocenters. The summed E-state index contributed by atoms with van der Waals surface area (Å²) in [4.78, 5) is 75.2. The maximum Gasteiger partial charge on any atom is 0.276 e. The van der Waals surface area contributed by atoms with Crippen LogP contribution >= 0.6 is 0 Å². The van der Waals surface area contributed by atoms with Gasteiger partial charge in [-0.15, -0.1) is 0 Å². The summed E-state index contributed by atoms with van der Waals surface area (Å²) in [5.41, 5.74) is 15.7. The molecule has 4 aromatic heterocycles. The van der Waals surface area contributed by atoms with E-state index in [1.54, 1.807) is 64.6 Å². The lowest BCUT2D eigenvalue weighted by Crippen LogP contribution is -2.26. The molecule has 20 nitrogen and oxygen atoms in total. The van der Waals surface area contributed by atoms with Crippen molar-refractivity contribution in [3.8, 4) is 11.5 Å². The van der Waals surface area contributed by atoms with Crippen molar-refractivity contribution in [3.05, 3.63) is 70.3 Å². The predicted molar refractivity (Wildman–Crippen MR) is 225 cm³/mol. The number of nitrogens with zero attached hydrogens (tertiary/aromatic N) is 9. The first-order chi connectivity index (χ1) is 29.2. The third-order valence-corrected chi connectivity index (χ3v) is 10.6. The number of carbonyl (C=O) groups is 5. The zero-order valence-corrected chi connectivity index (χ0v) is 34.9. The molecule has 5 amide bonds. The van der Waals surface area contributed by atoms with Crippen LogP contribution in [0.1, 0.15) is 99.2 Å². The van der Waals surface area contributed by atoms with E-state index >= 15 is 0 Å². The van der Waals surface area contributed by atoms with Crippen LogP contribution in [0.2, 0.25) is 0 Å². The van der Waals surface area contributed by atoms with Gasteiger partial charge in [0.15, 0.2) is 0 Å². The number of aromatic nitrogens is 8. The average Bonchev–Trinajstić information content (AvgIpc) is 3.99. The number of benzene rings is 2. The second-order valence-corrected chi connectivity index (χ2v) is 14.9. The van der Waals surface area contributed by atoms with Gasteiger partial charge in [-0.1, -0.05) is 0 Å². The van der Waals surface area contributed by atoms with E-state index in [4.69, 9.17) is 30.9 Å². The first-order valence-corrected chi connectivity index (χ1v) is 20.1. The highest BCUT2D eigenvalue weighted by Gasteiger charge is 2.30. The Kier molecular flexibility index (Phi) is 11.8. The third-order valence-electron chi connectivity index (χ3n) is 10.6. The Labute approximate surface area is 350 Å². The summed E-state index contributed by atoms with van der Waals surface area (Å²) in [6.45, 7) is 11.0. The average molecular weight is 836 g/mol. The van der Waals surface area contributed by atoms with Gasteiger partial charge in [0.05, 0.1) is 35.1 Å². The summed E-state index contributed by atoms with van der Waals surface area (Å²) in [7, 11) is 1.70. The molecule has 0 saturated carbocycles. The first-order valence-electron chi connectivity index (χ1n) is 20.1. The van der Waals surface area contributed by atoms with Gasteiger partial charge in [0.1, 0.15) is 40.5 Å². The van der Waals surface area contributed by atoms with Gasteiger partial charge >= 0.3 is 0 Å². The number of fused-ring (bicyclic) bond motifs is 1. The number of amides is 5. The Bertz CT molecular complexity index is 2710. The highest BCUT2D eigenvalue weighted by Crippen LogP contribution is 2.39. The normalized spacial score (nSPS) is 13.3. The SMILES string of the molecule is CCn1nc(C)cc1C(=O)Nc1nc2cc(C(N)=O)cc(OCCCN(C)C(C)=O)c2n1CCC[C@H]1COc2cc(C(N)=O)cc3nc(NC(=O)c4cc(C)nn4CC)n1c23. The molecule has 6 N–H and O–H groups in total. The molecule has 0 radical (unpaired) electrons. The number of nitrogens with one attached hydrogen (secondary N) is 2. The summed E-state index contributed by atoms with van der Waals surface area (Å²) >= 11 is 0. The van der Waals surface area contributed by atoms with Gasteiger partial charge in [-0.3, -0.25) is 44.0 Å². The Morgan fingerprint density at radius 2 is 1.39 bits per heavy atom. The molecule has 6 aromatic rings. The number of hydrogen-bond donors (Lipinski definition) is 4. The van der Waals surface area contributed by atoms with E-state index in [1.165, 1.54) is 6.92 Å². The lowest BCUT2D eigenvalue weighted by atomic mass is 10.1. The summed E-state index contributed by atoms with van der Waals surface area (Å²) in [6.07, 6.45) is 1.47. The number of ether oxygens (including phenoxy) is 2. The maximum absolute atomic E-state index is 13.8. The zero-order valence-electron chi connectivity index (χ0n) is 34.9. The van der Waals surface area contributed by atoms with E-state index in [-0.39, 0.29) is 48.2 Å². The lowest BCUT2D eigenvalue weighted by molar-refractivity contribution is -0.127. The van der Waals surface area contributed by atoms with E-state index in [0.717, 1.165) is 0 Å². The highest BCUT2D eigenvalue weighted by molar-refractivity contribution is 6.05. The van der Waals surface area contributed by atoms with Crippen molar-refractivity contribution in [3.63, 3.8) is 0 Å². The van der Waals surface area contributed by atoms with Gasteiger partial charge in [0.25, 0.3) is 11.8 Å². The number of carbonyl (C=O) groups excluding carboxylic acids is 5. The lowest BCUT2D eigenvalue weighted by Gasteiger charge is -2.27. The Hall–Kier alpha value is -7.25. The van der Waals surface area contributed by atoms with Crippen molar-refractivity contribution >= 4 is 63.5 Å². The molecule has 1 aliphatic heterocycles. The highest BCUT2D eigenvalue weighted by atomic mass is 16.5. The fourth-order valence-electron chi connectivity index (χ4n) is 7.55. The maximum atomic E-state index is 13.8. The van der Waals surface area contributed by atoms with Gasteiger partial charge < -0.3 is 35.0 Å². The molecule has 2 aromatic carbocycles. The van der Waals surface area contributed by atoms with Gasteiger partial charge in [0.2, 0.25) is 29.6 Å². The molecule has 0 unspecified atom stereocenters.